The van der Waals surface area contributed by atoms with Crippen molar-refractivity contribution in [1.82, 2.24) is 4.90 Å². The van der Waals surface area contributed by atoms with Crippen molar-refractivity contribution in [3.63, 3.8) is 0 Å². The minimum Gasteiger partial charge on any atom is -0.323 e. The normalized spacial score (nSPS) is 28.5. The maximum absolute atomic E-state index is 12.7. The lowest BCUT2D eigenvalue weighted by Crippen LogP contribution is -2.54. The maximum atomic E-state index is 12.7. The standard InChI is InChI=1S/C6H12F2N2.2ClH/c1-10-3-2-5(9)6(7,8)4-10;;/h5H,2-4,9H2,1H3;2*1H/t5-;;/m1../s1. The van der Waals surface area contributed by atoms with E-state index in [0.29, 0.717) is 13.0 Å². The Hall–Kier alpha value is 0.360. The fourth-order valence-electron chi connectivity index (χ4n) is 1.13. The highest BCUT2D eigenvalue weighted by atomic mass is 35.5. The molecule has 1 atom stereocenters. The van der Waals surface area contributed by atoms with Gasteiger partial charge < -0.3 is 10.6 Å². The van der Waals surface area contributed by atoms with Crippen molar-refractivity contribution in [2.24, 2.45) is 5.73 Å². The van der Waals surface area contributed by atoms with Crippen LogP contribution in [0.2, 0.25) is 0 Å². The van der Waals surface area contributed by atoms with Gasteiger partial charge in [-0.3, -0.25) is 0 Å². The van der Waals surface area contributed by atoms with E-state index in [9.17, 15) is 8.78 Å². The van der Waals surface area contributed by atoms with E-state index in [1.165, 1.54) is 0 Å². The average molecular weight is 223 g/mol. The first-order chi connectivity index (χ1) is 4.52. The number of hydrogen-bond acceptors (Lipinski definition) is 2. The van der Waals surface area contributed by atoms with Crippen LogP contribution in [0, 0.1) is 0 Å². The van der Waals surface area contributed by atoms with Crippen molar-refractivity contribution in [2.45, 2.75) is 18.4 Å². The number of alkyl halides is 2. The Morgan fingerprint density at radius 1 is 1.42 bits per heavy atom. The molecule has 2 nitrogen and oxygen atoms in total. The molecular formula is C6H14Cl2F2N2. The predicted molar refractivity (Wildman–Crippen MR) is 49.5 cm³/mol. The smallest absolute Gasteiger partial charge is 0.275 e. The number of piperidine rings is 1. The fourth-order valence-corrected chi connectivity index (χ4v) is 1.13. The molecule has 0 bridgehead atoms. The van der Waals surface area contributed by atoms with Gasteiger partial charge in [-0.1, -0.05) is 0 Å². The van der Waals surface area contributed by atoms with Gasteiger partial charge in [0.25, 0.3) is 5.92 Å². The summed E-state index contributed by atoms with van der Waals surface area (Å²) in [6.45, 7) is 0.477. The number of nitrogens with zero attached hydrogens (tertiary/aromatic N) is 1. The Morgan fingerprint density at radius 3 is 2.25 bits per heavy atom. The van der Waals surface area contributed by atoms with E-state index in [-0.39, 0.29) is 31.4 Å². The van der Waals surface area contributed by atoms with E-state index in [1.54, 1.807) is 11.9 Å². The molecule has 0 unspecified atom stereocenters. The second kappa shape index (κ2) is 5.17. The highest BCUT2D eigenvalue weighted by molar-refractivity contribution is 5.85. The highest BCUT2D eigenvalue weighted by Crippen LogP contribution is 2.24. The van der Waals surface area contributed by atoms with E-state index >= 15 is 0 Å². The van der Waals surface area contributed by atoms with Crippen molar-refractivity contribution in [3.8, 4) is 0 Å². The van der Waals surface area contributed by atoms with Crippen LogP contribution in [-0.2, 0) is 0 Å². The molecule has 0 spiro atoms. The third kappa shape index (κ3) is 3.39. The highest BCUT2D eigenvalue weighted by Gasteiger charge is 2.40. The van der Waals surface area contributed by atoms with Crippen molar-refractivity contribution in [3.05, 3.63) is 0 Å². The largest absolute Gasteiger partial charge is 0.323 e. The maximum Gasteiger partial charge on any atom is 0.275 e. The molecule has 76 valence electrons. The van der Waals surface area contributed by atoms with Crippen LogP contribution in [0.4, 0.5) is 8.78 Å². The summed E-state index contributed by atoms with van der Waals surface area (Å²) >= 11 is 0. The number of nitrogens with two attached hydrogens (primary N) is 1. The number of rotatable bonds is 0. The molecular weight excluding hydrogens is 209 g/mol. The van der Waals surface area contributed by atoms with E-state index in [1.807, 2.05) is 0 Å². The first kappa shape index (κ1) is 14.9. The average Bonchev–Trinajstić information content (AvgIpc) is 1.78. The summed E-state index contributed by atoms with van der Waals surface area (Å²) in [4.78, 5) is 1.60. The molecule has 0 aromatic rings. The molecule has 1 rings (SSSR count). The predicted octanol–water partition coefficient (Wildman–Crippen LogP) is 1.13. The van der Waals surface area contributed by atoms with Gasteiger partial charge >= 0.3 is 0 Å². The number of likely N-dealkylation sites (tertiary alicyclic amines) is 1. The molecule has 0 aromatic carbocycles. The summed E-state index contributed by atoms with van der Waals surface area (Å²) in [7, 11) is 1.68. The third-order valence-corrected chi connectivity index (χ3v) is 1.85. The van der Waals surface area contributed by atoms with Crippen LogP contribution in [0.3, 0.4) is 0 Å². The van der Waals surface area contributed by atoms with Crippen LogP contribution in [0.5, 0.6) is 0 Å². The van der Waals surface area contributed by atoms with Gasteiger partial charge in [0, 0.05) is 0 Å². The van der Waals surface area contributed by atoms with Gasteiger partial charge in [0.05, 0.1) is 12.6 Å². The molecule has 1 fully saturated rings. The molecule has 12 heavy (non-hydrogen) atoms. The minimum absolute atomic E-state index is 0. The molecule has 6 heteroatoms. The monoisotopic (exact) mass is 222 g/mol. The van der Waals surface area contributed by atoms with Gasteiger partial charge in [-0.25, -0.2) is 8.78 Å². The molecule has 0 aromatic heterocycles. The van der Waals surface area contributed by atoms with Gasteiger partial charge in [0.15, 0.2) is 0 Å². The van der Waals surface area contributed by atoms with E-state index in [4.69, 9.17) is 5.73 Å². The first-order valence-electron chi connectivity index (χ1n) is 3.34. The van der Waals surface area contributed by atoms with Gasteiger partial charge in [0.1, 0.15) is 0 Å². The molecule has 0 amide bonds. The molecule has 0 radical (unpaired) electrons. The second-order valence-electron chi connectivity index (χ2n) is 2.89. The van der Waals surface area contributed by atoms with Crippen molar-refractivity contribution < 1.29 is 8.78 Å². The summed E-state index contributed by atoms with van der Waals surface area (Å²) in [5.74, 6) is -2.69. The van der Waals surface area contributed by atoms with Crippen LogP contribution in [0.15, 0.2) is 0 Å². The summed E-state index contributed by atoms with van der Waals surface area (Å²) in [5, 5.41) is 0. The summed E-state index contributed by atoms with van der Waals surface area (Å²) in [6, 6.07) is -0.941. The van der Waals surface area contributed by atoms with Crippen LogP contribution < -0.4 is 5.73 Å². The second-order valence-corrected chi connectivity index (χ2v) is 2.89. The van der Waals surface area contributed by atoms with Crippen molar-refractivity contribution in [2.75, 3.05) is 20.1 Å². The van der Waals surface area contributed by atoms with Crippen molar-refractivity contribution >= 4 is 24.8 Å². The molecule has 2 N–H and O–H groups in total. The zero-order valence-corrected chi connectivity index (χ0v) is 8.43. The summed E-state index contributed by atoms with van der Waals surface area (Å²) in [5.41, 5.74) is 5.20. The Kier molecular flexibility index (Phi) is 6.40. The Morgan fingerprint density at radius 2 is 1.92 bits per heavy atom. The fraction of sp³-hybridized carbons (Fsp3) is 1.00. The molecule has 0 aliphatic carbocycles. The summed E-state index contributed by atoms with van der Waals surface area (Å²) in [6.07, 6.45) is 0.392. The van der Waals surface area contributed by atoms with Crippen LogP contribution in [-0.4, -0.2) is 37.0 Å². The Balaban J connectivity index is 0. The first-order valence-corrected chi connectivity index (χ1v) is 3.34. The quantitative estimate of drug-likeness (QED) is 0.666. The van der Waals surface area contributed by atoms with Crippen molar-refractivity contribution in [1.29, 1.82) is 0 Å². The third-order valence-electron chi connectivity index (χ3n) is 1.85. The minimum atomic E-state index is -2.69. The van der Waals surface area contributed by atoms with Crippen LogP contribution >= 0.6 is 24.8 Å². The number of hydrogen-bond donors (Lipinski definition) is 1. The zero-order valence-electron chi connectivity index (χ0n) is 6.80. The lowest BCUT2D eigenvalue weighted by Gasteiger charge is -2.34. The summed E-state index contributed by atoms with van der Waals surface area (Å²) < 4.78 is 25.4. The van der Waals surface area contributed by atoms with Gasteiger partial charge in [-0.2, -0.15) is 0 Å². The van der Waals surface area contributed by atoms with E-state index < -0.39 is 12.0 Å². The molecule has 1 heterocycles. The molecule has 1 aliphatic heterocycles. The Bertz CT molecular complexity index is 135. The molecule has 0 saturated carbocycles. The van der Waals surface area contributed by atoms with Gasteiger partial charge in [-0.05, 0) is 20.0 Å². The number of halogens is 4. The van der Waals surface area contributed by atoms with Crippen LogP contribution in [0.1, 0.15) is 6.42 Å². The molecule has 1 saturated heterocycles. The van der Waals surface area contributed by atoms with Gasteiger partial charge in [-0.15, -0.1) is 24.8 Å². The van der Waals surface area contributed by atoms with E-state index in [0.717, 1.165) is 0 Å². The lowest BCUT2D eigenvalue weighted by molar-refractivity contribution is -0.0733. The Labute approximate surface area is 83.3 Å². The zero-order chi connectivity index (χ0) is 7.78. The van der Waals surface area contributed by atoms with Gasteiger partial charge in [0.2, 0.25) is 0 Å². The van der Waals surface area contributed by atoms with E-state index in [2.05, 4.69) is 0 Å². The van der Waals surface area contributed by atoms with Crippen LogP contribution in [0.25, 0.3) is 0 Å². The SMILES string of the molecule is CN1CC[C@@H](N)C(F)(F)C1.Cl.Cl. The topological polar surface area (TPSA) is 29.3 Å². The molecule has 1 aliphatic rings. The lowest BCUT2D eigenvalue weighted by atomic mass is 10.0.